The van der Waals surface area contributed by atoms with Crippen molar-refractivity contribution >= 4 is 10.0 Å². The van der Waals surface area contributed by atoms with Gasteiger partial charge in [-0.15, -0.1) is 0 Å². The monoisotopic (exact) mass is 498 g/mol. The molecule has 1 heterocycles. The van der Waals surface area contributed by atoms with Crippen LogP contribution in [0.5, 0.6) is 0 Å². The Kier molecular flexibility index (Phi) is 7.63. The third kappa shape index (κ3) is 5.80. The number of halogens is 3. The van der Waals surface area contributed by atoms with Crippen molar-refractivity contribution in [3.05, 3.63) is 65.2 Å². The van der Waals surface area contributed by atoms with Crippen molar-refractivity contribution < 1.29 is 31.4 Å². The lowest BCUT2D eigenvalue weighted by Gasteiger charge is -2.35. The number of piperazine rings is 1. The first-order valence-electron chi connectivity index (χ1n) is 11.4. The quantitative estimate of drug-likeness (QED) is 0.633. The first kappa shape index (κ1) is 25.1. The van der Waals surface area contributed by atoms with Crippen LogP contribution in [0.25, 0.3) is 0 Å². The van der Waals surface area contributed by atoms with E-state index in [4.69, 9.17) is 4.74 Å². The third-order valence-electron chi connectivity index (χ3n) is 6.42. The highest BCUT2D eigenvalue weighted by molar-refractivity contribution is 7.89. The predicted octanol–water partition coefficient (Wildman–Crippen LogP) is 3.47. The smallest absolute Gasteiger partial charge is 0.389 e. The fourth-order valence-corrected chi connectivity index (χ4v) is 6.00. The van der Waals surface area contributed by atoms with Gasteiger partial charge in [-0.2, -0.15) is 17.5 Å². The molecule has 0 bridgehead atoms. The summed E-state index contributed by atoms with van der Waals surface area (Å²) in [5.74, 6) is 0. The number of fused-ring (bicyclic) bond motifs is 1. The highest BCUT2D eigenvalue weighted by atomic mass is 32.2. The molecule has 1 aliphatic carbocycles. The molecule has 4 rings (SSSR count). The molecule has 1 fully saturated rings. The second-order valence-corrected chi connectivity index (χ2v) is 10.7. The maximum Gasteiger partial charge on any atom is 0.416 e. The summed E-state index contributed by atoms with van der Waals surface area (Å²) in [5, 5.41) is 10.5. The van der Waals surface area contributed by atoms with Crippen molar-refractivity contribution in [3.63, 3.8) is 0 Å². The molecular formula is C24H29F3N2O4S. The molecule has 2 unspecified atom stereocenters. The average Bonchev–Trinajstić information content (AvgIpc) is 2.82. The van der Waals surface area contributed by atoms with Gasteiger partial charge in [-0.05, 0) is 54.7 Å². The van der Waals surface area contributed by atoms with Gasteiger partial charge in [0.25, 0.3) is 0 Å². The highest BCUT2D eigenvalue weighted by Crippen LogP contribution is 2.32. The molecule has 0 saturated carbocycles. The van der Waals surface area contributed by atoms with E-state index in [1.54, 1.807) is 0 Å². The standard InChI is InChI=1S/C24H29F3N2O4S/c25-24(26,27)19-8-10-21(11-9-19)34(31,32)29-14-12-28(13-15-29)16-20(30)17-33-23-7-3-5-18-4-1-2-6-22(18)23/h1-2,4,6,8-11,20,23,30H,3,5,7,12-17H2. The molecule has 1 saturated heterocycles. The minimum atomic E-state index is -4.52. The first-order valence-corrected chi connectivity index (χ1v) is 12.9. The number of β-amino-alcohol motifs (C(OH)–C–C–N with tert-alkyl or cyclic N) is 1. The zero-order valence-corrected chi connectivity index (χ0v) is 19.6. The largest absolute Gasteiger partial charge is 0.416 e. The van der Waals surface area contributed by atoms with Crippen LogP contribution in [0.2, 0.25) is 0 Å². The third-order valence-corrected chi connectivity index (χ3v) is 8.34. The van der Waals surface area contributed by atoms with Gasteiger partial charge in [0.2, 0.25) is 10.0 Å². The number of hydrogen-bond acceptors (Lipinski definition) is 5. The van der Waals surface area contributed by atoms with Gasteiger partial charge in [0.05, 0.1) is 29.3 Å². The minimum Gasteiger partial charge on any atom is -0.389 e. The summed E-state index contributed by atoms with van der Waals surface area (Å²) >= 11 is 0. The van der Waals surface area contributed by atoms with Gasteiger partial charge >= 0.3 is 6.18 Å². The molecule has 1 N–H and O–H groups in total. The van der Waals surface area contributed by atoms with Crippen LogP contribution in [0.4, 0.5) is 13.2 Å². The van der Waals surface area contributed by atoms with Crippen molar-refractivity contribution in [1.82, 2.24) is 9.21 Å². The van der Waals surface area contributed by atoms with Gasteiger partial charge < -0.3 is 9.84 Å². The fraction of sp³-hybridized carbons (Fsp3) is 0.500. The molecule has 2 aromatic carbocycles. The van der Waals surface area contributed by atoms with Crippen molar-refractivity contribution in [2.24, 2.45) is 0 Å². The van der Waals surface area contributed by atoms with Gasteiger partial charge in [-0.3, -0.25) is 4.90 Å². The van der Waals surface area contributed by atoms with E-state index in [-0.39, 0.29) is 30.7 Å². The van der Waals surface area contributed by atoms with Gasteiger partial charge in [0.15, 0.2) is 0 Å². The number of aliphatic hydroxyl groups excluding tert-OH is 1. The maximum atomic E-state index is 12.8. The van der Waals surface area contributed by atoms with E-state index in [0.717, 1.165) is 43.5 Å². The molecule has 1 aliphatic heterocycles. The molecule has 186 valence electrons. The zero-order chi connectivity index (χ0) is 24.3. The number of aliphatic hydroxyl groups is 1. The second kappa shape index (κ2) is 10.3. The molecule has 2 aromatic rings. The SMILES string of the molecule is O=S(=O)(c1ccc(C(F)(F)F)cc1)N1CCN(CC(O)COC2CCCc3ccccc32)CC1. The lowest BCUT2D eigenvalue weighted by Crippen LogP contribution is -2.50. The molecule has 2 aliphatic rings. The van der Waals surface area contributed by atoms with E-state index in [1.165, 1.54) is 15.4 Å². The summed E-state index contributed by atoms with van der Waals surface area (Å²) in [6.45, 7) is 1.80. The van der Waals surface area contributed by atoms with Gasteiger partial charge in [0.1, 0.15) is 0 Å². The normalized spacial score (nSPS) is 21.2. The highest BCUT2D eigenvalue weighted by Gasteiger charge is 2.33. The minimum absolute atomic E-state index is 0.0228. The van der Waals surface area contributed by atoms with Gasteiger partial charge in [0, 0.05) is 32.7 Å². The summed E-state index contributed by atoms with van der Waals surface area (Å²) in [6, 6.07) is 11.8. The van der Waals surface area contributed by atoms with Crippen LogP contribution in [0, 0.1) is 0 Å². The Morgan fingerprint density at radius 1 is 1.03 bits per heavy atom. The summed E-state index contributed by atoms with van der Waals surface area (Å²) in [4.78, 5) is 1.82. The van der Waals surface area contributed by atoms with Crippen LogP contribution in [0.15, 0.2) is 53.4 Å². The number of nitrogens with zero attached hydrogens (tertiary/aromatic N) is 2. The Hall–Kier alpha value is -1.98. The Morgan fingerprint density at radius 2 is 1.71 bits per heavy atom. The molecule has 0 radical (unpaired) electrons. The number of aryl methyl sites for hydroxylation is 1. The molecular weight excluding hydrogens is 469 g/mol. The van der Waals surface area contributed by atoms with Crippen LogP contribution in [0.3, 0.4) is 0 Å². The maximum absolute atomic E-state index is 12.8. The molecule has 2 atom stereocenters. The summed E-state index contributed by atoms with van der Waals surface area (Å²) in [5.41, 5.74) is 1.59. The van der Waals surface area contributed by atoms with E-state index in [9.17, 15) is 26.7 Å². The van der Waals surface area contributed by atoms with Crippen molar-refractivity contribution in [2.75, 3.05) is 39.3 Å². The molecule has 10 heteroatoms. The molecule has 6 nitrogen and oxygen atoms in total. The van der Waals surface area contributed by atoms with E-state index in [2.05, 4.69) is 12.1 Å². The topological polar surface area (TPSA) is 70.1 Å². The number of rotatable bonds is 7. The lowest BCUT2D eigenvalue weighted by molar-refractivity contribution is -0.137. The van der Waals surface area contributed by atoms with Crippen molar-refractivity contribution in [2.45, 2.75) is 42.5 Å². The average molecular weight is 499 g/mol. The lowest BCUT2D eigenvalue weighted by atomic mass is 9.89. The zero-order valence-electron chi connectivity index (χ0n) is 18.7. The van der Waals surface area contributed by atoms with Crippen molar-refractivity contribution in [3.8, 4) is 0 Å². The van der Waals surface area contributed by atoms with E-state index in [0.29, 0.717) is 19.6 Å². The molecule has 34 heavy (non-hydrogen) atoms. The van der Waals surface area contributed by atoms with Gasteiger partial charge in [-0.25, -0.2) is 8.42 Å². The van der Waals surface area contributed by atoms with E-state index >= 15 is 0 Å². The number of alkyl halides is 3. The fourth-order valence-electron chi connectivity index (χ4n) is 4.58. The van der Waals surface area contributed by atoms with Crippen LogP contribution < -0.4 is 0 Å². The Bertz CT molecular complexity index is 1070. The number of sulfonamides is 1. The Labute approximate surface area is 198 Å². The second-order valence-electron chi connectivity index (χ2n) is 8.79. The molecule has 0 amide bonds. The summed E-state index contributed by atoms with van der Waals surface area (Å²) < 4.78 is 71.2. The van der Waals surface area contributed by atoms with Gasteiger partial charge in [-0.1, -0.05) is 24.3 Å². The van der Waals surface area contributed by atoms with Crippen LogP contribution >= 0.6 is 0 Å². The number of benzene rings is 2. The predicted molar refractivity (Wildman–Crippen MR) is 121 cm³/mol. The van der Waals surface area contributed by atoms with Crippen LogP contribution in [-0.2, 0) is 27.4 Å². The van der Waals surface area contributed by atoms with E-state index < -0.39 is 27.9 Å². The molecule has 0 aromatic heterocycles. The van der Waals surface area contributed by atoms with E-state index in [1.807, 2.05) is 17.0 Å². The van der Waals surface area contributed by atoms with Crippen molar-refractivity contribution in [1.29, 1.82) is 0 Å². The number of ether oxygens (including phenoxy) is 1. The molecule has 0 spiro atoms. The Balaban J connectivity index is 1.26. The van der Waals surface area contributed by atoms with Crippen LogP contribution in [0.1, 0.15) is 35.6 Å². The Morgan fingerprint density at radius 3 is 2.38 bits per heavy atom. The number of hydrogen-bond donors (Lipinski definition) is 1. The summed E-state index contributed by atoms with van der Waals surface area (Å²) in [6.07, 6.45) is -2.23. The van der Waals surface area contributed by atoms with Crippen LogP contribution in [-0.4, -0.2) is 68.2 Å². The summed E-state index contributed by atoms with van der Waals surface area (Å²) in [7, 11) is -3.88. The first-order chi connectivity index (χ1) is 16.1.